The topological polar surface area (TPSA) is 98.8 Å². The summed E-state index contributed by atoms with van der Waals surface area (Å²) in [6.07, 6.45) is 3.23. The van der Waals surface area contributed by atoms with E-state index in [1.807, 2.05) is 0 Å². The minimum absolute atomic E-state index is 0.0199. The van der Waals surface area contributed by atoms with E-state index in [1.165, 1.54) is 6.08 Å². The van der Waals surface area contributed by atoms with Crippen molar-refractivity contribution in [2.24, 2.45) is 0 Å². The summed E-state index contributed by atoms with van der Waals surface area (Å²) in [5.74, 6) is -0.415. The Morgan fingerprint density at radius 3 is 2.62 bits per heavy atom. The molecule has 1 amide bonds. The van der Waals surface area contributed by atoms with E-state index in [0.717, 1.165) is 16.9 Å². The number of nitrogens with one attached hydrogen (secondary N) is 1. The fourth-order valence-electron chi connectivity index (χ4n) is 2.97. The molecule has 3 rings (SSSR count). The number of ether oxygens (including phenoxy) is 2. The Balaban J connectivity index is 1.83. The molecule has 0 radical (unpaired) electrons. The zero-order chi connectivity index (χ0) is 21.0. The second-order valence-electron chi connectivity index (χ2n) is 6.37. The van der Waals surface area contributed by atoms with Crippen molar-refractivity contribution in [3.8, 4) is 5.75 Å². The molecule has 0 atom stereocenters. The quantitative estimate of drug-likeness (QED) is 0.553. The van der Waals surface area contributed by atoms with Gasteiger partial charge in [0.1, 0.15) is 10.8 Å². The van der Waals surface area contributed by atoms with Crippen LogP contribution in [0.1, 0.15) is 33.3 Å². The number of carbonyl (C=O) groups is 2. The number of sulfone groups is 1. The summed E-state index contributed by atoms with van der Waals surface area (Å²) < 4.78 is 34.1. The van der Waals surface area contributed by atoms with Gasteiger partial charge in [-0.05, 0) is 42.7 Å². The Bertz CT molecular complexity index is 1050. The third-order valence-corrected chi connectivity index (χ3v) is 7.25. The van der Waals surface area contributed by atoms with E-state index >= 15 is 0 Å². The van der Waals surface area contributed by atoms with Gasteiger partial charge in [-0.3, -0.25) is 4.79 Å². The van der Waals surface area contributed by atoms with Crippen molar-refractivity contribution in [1.29, 1.82) is 0 Å². The van der Waals surface area contributed by atoms with E-state index in [2.05, 4.69) is 5.32 Å². The SMILES string of the molecule is CCOC(=O)c1c(NC(=O)/C=C/c2ccc(OC)cc2)sc2c1CCS(=O)(=O)C2. The Morgan fingerprint density at radius 2 is 1.97 bits per heavy atom. The summed E-state index contributed by atoms with van der Waals surface area (Å²) in [5, 5.41) is 3.01. The minimum atomic E-state index is -3.20. The maximum Gasteiger partial charge on any atom is 0.341 e. The first-order chi connectivity index (χ1) is 13.8. The van der Waals surface area contributed by atoms with Crippen LogP contribution in [-0.4, -0.2) is 39.8 Å². The van der Waals surface area contributed by atoms with E-state index in [-0.39, 0.29) is 30.1 Å². The first kappa shape index (κ1) is 21.1. The summed E-state index contributed by atoms with van der Waals surface area (Å²) in [7, 11) is -1.62. The van der Waals surface area contributed by atoms with Crippen molar-refractivity contribution in [3.63, 3.8) is 0 Å². The third-order valence-electron chi connectivity index (χ3n) is 4.36. The summed E-state index contributed by atoms with van der Waals surface area (Å²) in [6, 6.07) is 7.18. The molecule has 1 N–H and O–H groups in total. The summed E-state index contributed by atoms with van der Waals surface area (Å²) in [6.45, 7) is 1.88. The van der Waals surface area contributed by atoms with Crippen molar-refractivity contribution in [1.82, 2.24) is 0 Å². The molecule has 0 saturated carbocycles. The van der Waals surface area contributed by atoms with E-state index in [0.29, 0.717) is 21.2 Å². The number of amides is 1. The zero-order valence-corrected chi connectivity index (χ0v) is 17.7. The van der Waals surface area contributed by atoms with E-state index in [4.69, 9.17) is 9.47 Å². The molecule has 2 aromatic rings. The first-order valence-corrected chi connectivity index (χ1v) is 11.6. The maximum absolute atomic E-state index is 12.4. The zero-order valence-electron chi connectivity index (χ0n) is 16.1. The molecule has 1 aliphatic rings. The molecule has 2 heterocycles. The van der Waals surface area contributed by atoms with Crippen LogP contribution in [0.4, 0.5) is 5.00 Å². The van der Waals surface area contributed by atoms with Crippen LogP contribution in [0.25, 0.3) is 6.08 Å². The molecule has 0 unspecified atom stereocenters. The van der Waals surface area contributed by atoms with Crippen LogP contribution in [0.5, 0.6) is 5.75 Å². The fourth-order valence-corrected chi connectivity index (χ4v) is 6.01. The molecule has 154 valence electrons. The van der Waals surface area contributed by atoms with Gasteiger partial charge in [0, 0.05) is 11.0 Å². The van der Waals surface area contributed by atoms with Gasteiger partial charge in [0.25, 0.3) is 0 Å². The molecular weight excluding hydrogens is 414 g/mol. The normalized spacial score (nSPS) is 15.0. The smallest absolute Gasteiger partial charge is 0.341 e. The van der Waals surface area contributed by atoms with Gasteiger partial charge >= 0.3 is 5.97 Å². The lowest BCUT2D eigenvalue weighted by molar-refractivity contribution is -0.111. The number of methoxy groups -OCH3 is 1. The lowest BCUT2D eigenvalue weighted by Gasteiger charge is -2.13. The number of esters is 1. The summed E-state index contributed by atoms with van der Waals surface area (Å²) in [5.41, 5.74) is 1.72. The lowest BCUT2D eigenvalue weighted by atomic mass is 10.1. The molecule has 0 bridgehead atoms. The standard InChI is InChI=1S/C20H21NO6S2/c1-3-27-20(23)18-15-10-11-29(24,25)12-16(15)28-19(18)21-17(22)9-6-13-4-7-14(26-2)8-5-13/h4-9H,3,10-12H2,1-2H3,(H,21,22)/b9-6+. The van der Waals surface area contributed by atoms with Crippen LogP contribution >= 0.6 is 11.3 Å². The molecule has 0 aliphatic carbocycles. The van der Waals surface area contributed by atoms with Crippen LogP contribution in [0.2, 0.25) is 0 Å². The lowest BCUT2D eigenvalue weighted by Crippen LogP contribution is -2.20. The van der Waals surface area contributed by atoms with Gasteiger partial charge in [0.2, 0.25) is 5.91 Å². The Kier molecular flexibility index (Phi) is 6.39. The highest BCUT2D eigenvalue weighted by Gasteiger charge is 2.31. The summed E-state index contributed by atoms with van der Waals surface area (Å²) >= 11 is 1.11. The Morgan fingerprint density at radius 1 is 1.24 bits per heavy atom. The van der Waals surface area contributed by atoms with E-state index in [9.17, 15) is 18.0 Å². The highest BCUT2D eigenvalue weighted by Crippen LogP contribution is 2.38. The predicted octanol–water partition coefficient (Wildman–Crippen LogP) is 3.06. The second-order valence-corrected chi connectivity index (χ2v) is 9.66. The number of fused-ring (bicyclic) bond motifs is 1. The second kappa shape index (κ2) is 8.79. The van der Waals surface area contributed by atoms with Crippen LogP contribution in [0.15, 0.2) is 30.3 Å². The van der Waals surface area contributed by atoms with Gasteiger partial charge < -0.3 is 14.8 Å². The molecule has 9 heteroatoms. The average molecular weight is 436 g/mol. The van der Waals surface area contributed by atoms with Gasteiger partial charge in [0.05, 0.1) is 30.8 Å². The number of thiophene rings is 1. The van der Waals surface area contributed by atoms with Gasteiger partial charge in [-0.1, -0.05) is 12.1 Å². The molecule has 0 fully saturated rings. The number of hydrogen-bond acceptors (Lipinski definition) is 7. The van der Waals surface area contributed by atoms with Crippen molar-refractivity contribution < 1.29 is 27.5 Å². The van der Waals surface area contributed by atoms with Gasteiger partial charge in [-0.2, -0.15) is 0 Å². The van der Waals surface area contributed by atoms with Crippen molar-refractivity contribution in [2.75, 3.05) is 24.8 Å². The maximum atomic E-state index is 12.4. The molecule has 1 aliphatic heterocycles. The fraction of sp³-hybridized carbons (Fsp3) is 0.300. The molecule has 0 spiro atoms. The van der Waals surface area contributed by atoms with Gasteiger partial charge in [-0.15, -0.1) is 11.3 Å². The van der Waals surface area contributed by atoms with Gasteiger partial charge in [0.15, 0.2) is 9.84 Å². The van der Waals surface area contributed by atoms with Crippen molar-refractivity contribution in [3.05, 3.63) is 51.9 Å². The number of carbonyl (C=O) groups excluding carboxylic acids is 2. The Labute approximate surface area is 173 Å². The largest absolute Gasteiger partial charge is 0.497 e. The van der Waals surface area contributed by atoms with Crippen LogP contribution in [0, 0.1) is 0 Å². The first-order valence-electron chi connectivity index (χ1n) is 8.98. The van der Waals surface area contributed by atoms with Crippen LogP contribution < -0.4 is 10.1 Å². The highest BCUT2D eigenvalue weighted by atomic mass is 32.2. The minimum Gasteiger partial charge on any atom is -0.497 e. The number of hydrogen-bond donors (Lipinski definition) is 1. The molecule has 29 heavy (non-hydrogen) atoms. The molecular formula is C20H21NO6S2. The number of benzene rings is 1. The number of anilines is 1. The monoisotopic (exact) mass is 435 g/mol. The van der Waals surface area contributed by atoms with E-state index < -0.39 is 21.7 Å². The summed E-state index contributed by atoms with van der Waals surface area (Å²) in [4.78, 5) is 25.4. The molecule has 7 nitrogen and oxygen atoms in total. The third kappa shape index (κ3) is 5.04. The number of rotatable bonds is 6. The molecule has 1 aromatic carbocycles. The molecule has 0 saturated heterocycles. The van der Waals surface area contributed by atoms with Crippen molar-refractivity contribution in [2.45, 2.75) is 19.1 Å². The molecule has 1 aromatic heterocycles. The van der Waals surface area contributed by atoms with Crippen molar-refractivity contribution >= 4 is 44.1 Å². The van der Waals surface area contributed by atoms with Gasteiger partial charge in [-0.25, -0.2) is 13.2 Å². The van der Waals surface area contributed by atoms with E-state index in [1.54, 1.807) is 44.4 Å². The van der Waals surface area contributed by atoms with Crippen LogP contribution in [0.3, 0.4) is 0 Å². The highest BCUT2D eigenvalue weighted by molar-refractivity contribution is 7.90. The predicted molar refractivity (Wildman–Crippen MR) is 112 cm³/mol. The van der Waals surface area contributed by atoms with Crippen LogP contribution in [-0.2, 0) is 31.5 Å². The average Bonchev–Trinajstić information content (AvgIpc) is 3.02. The Hall–Kier alpha value is -2.65.